The van der Waals surface area contributed by atoms with Crippen molar-refractivity contribution < 1.29 is 19.1 Å². The summed E-state index contributed by atoms with van der Waals surface area (Å²) in [6.45, 7) is 4.72. The van der Waals surface area contributed by atoms with E-state index in [-0.39, 0.29) is 11.8 Å². The fourth-order valence-corrected chi connectivity index (χ4v) is 4.07. The maximum atomic E-state index is 13.2. The van der Waals surface area contributed by atoms with Gasteiger partial charge in [0.05, 0.1) is 20.0 Å². The minimum absolute atomic E-state index is 0.0487. The first-order valence-electron chi connectivity index (χ1n) is 10.4. The number of methoxy groups -OCH3 is 2. The zero-order valence-electron chi connectivity index (χ0n) is 18.7. The second-order valence-corrected chi connectivity index (χ2v) is 8.01. The normalized spacial score (nSPS) is 11.5. The molecule has 0 saturated heterocycles. The zero-order chi connectivity index (χ0) is 22.6. The summed E-state index contributed by atoms with van der Waals surface area (Å²) in [6, 6.07) is 14.9. The molecule has 2 aromatic rings. The second kappa shape index (κ2) is 12.9. The highest BCUT2D eigenvalue weighted by atomic mass is 32.2. The van der Waals surface area contributed by atoms with Crippen LogP contribution in [0.4, 0.5) is 0 Å². The highest BCUT2D eigenvalue weighted by molar-refractivity contribution is 7.99. The number of nitrogens with one attached hydrogen (secondary N) is 1. The molecule has 6 nitrogen and oxygen atoms in total. The van der Waals surface area contributed by atoms with Crippen molar-refractivity contribution in [1.82, 2.24) is 10.2 Å². The highest BCUT2D eigenvalue weighted by Gasteiger charge is 2.28. The third-order valence-electron chi connectivity index (χ3n) is 4.90. The lowest BCUT2D eigenvalue weighted by atomic mass is 10.1. The van der Waals surface area contributed by atoms with Crippen LogP contribution >= 0.6 is 11.8 Å². The molecule has 31 heavy (non-hydrogen) atoms. The molecule has 2 amide bonds. The molecule has 0 aliphatic carbocycles. The van der Waals surface area contributed by atoms with E-state index >= 15 is 0 Å². The Bertz CT molecular complexity index is 824. The average molecular weight is 445 g/mol. The van der Waals surface area contributed by atoms with Crippen LogP contribution in [0.5, 0.6) is 11.5 Å². The molecule has 2 rings (SSSR count). The Hall–Kier alpha value is -2.67. The Morgan fingerprint density at radius 1 is 0.935 bits per heavy atom. The van der Waals surface area contributed by atoms with E-state index in [9.17, 15) is 9.59 Å². The lowest BCUT2D eigenvalue weighted by molar-refractivity contribution is -0.139. The van der Waals surface area contributed by atoms with Gasteiger partial charge in [-0.2, -0.15) is 0 Å². The molecule has 0 fully saturated rings. The highest BCUT2D eigenvalue weighted by Crippen LogP contribution is 2.20. The van der Waals surface area contributed by atoms with Gasteiger partial charge in [-0.05, 0) is 48.7 Å². The first-order chi connectivity index (χ1) is 15.0. The summed E-state index contributed by atoms with van der Waals surface area (Å²) >= 11 is 1.54. The SMILES string of the molecule is CCNC(=O)C(CC)N(Cc1ccc(OC)cc1)C(=O)CSCc1ccc(OC)cc1. The molecule has 0 aromatic heterocycles. The van der Waals surface area contributed by atoms with E-state index in [0.29, 0.717) is 31.0 Å². The van der Waals surface area contributed by atoms with Gasteiger partial charge < -0.3 is 19.7 Å². The Morgan fingerprint density at radius 2 is 1.48 bits per heavy atom. The number of thioether (sulfide) groups is 1. The van der Waals surface area contributed by atoms with Crippen molar-refractivity contribution in [2.75, 3.05) is 26.5 Å². The maximum Gasteiger partial charge on any atom is 0.242 e. The largest absolute Gasteiger partial charge is 0.497 e. The van der Waals surface area contributed by atoms with E-state index < -0.39 is 6.04 Å². The number of carbonyl (C=O) groups excluding carboxylic acids is 2. The summed E-state index contributed by atoms with van der Waals surface area (Å²) in [5.74, 6) is 2.41. The quantitative estimate of drug-likeness (QED) is 0.538. The molecule has 0 aliphatic rings. The molecule has 7 heteroatoms. The predicted octanol–water partition coefficient (Wildman–Crippen LogP) is 3.88. The van der Waals surface area contributed by atoms with Gasteiger partial charge in [0.1, 0.15) is 17.5 Å². The van der Waals surface area contributed by atoms with Crippen molar-refractivity contribution in [3.8, 4) is 11.5 Å². The van der Waals surface area contributed by atoms with Crippen LogP contribution in [0, 0.1) is 0 Å². The Labute approximate surface area is 189 Å². The number of amides is 2. The summed E-state index contributed by atoms with van der Waals surface area (Å²) in [7, 11) is 3.26. The minimum Gasteiger partial charge on any atom is -0.497 e. The van der Waals surface area contributed by atoms with Gasteiger partial charge in [0.2, 0.25) is 11.8 Å². The van der Waals surface area contributed by atoms with E-state index in [2.05, 4.69) is 5.32 Å². The third-order valence-corrected chi connectivity index (χ3v) is 5.89. The topological polar surface area (TPSA) is 67.9 Å². The number of likely N-dealkylation sites (N-methyl/N-ethyl adjacent to an activating group) is 1. The molecule has 2 aromatic carbocycles. The molecule has 0 radical (unpaired) electrons. The summed E-state index contributed by atoms with van der Waals surface area (Å²) in [4.78, 5) is 27.5. The summed E-state index contributed by atoms with van der Waals surface area (Å²) in [5, 5.41) is 2.86. The number of hydrogen-bond donors (Lipinski definition) is 1. The molecule has 0 saturated carbocycles. The molecular formula is C24H32N2O4S. The smallest absolute Gasteiger partial charge is 0.242 e. The number of nitrogens with zero attached hydrogens (tertiary/aromatic N) is 1. The molecule has 0 bridgehead atoms. The van der Waals surface area contributed by atoms with Crippen LogP contribution in [0.15, 0.2) is 48.5 Å². The Balaban J connectivity index is 2.08. The predicted molar refractivity (Wildman–Crippen MR) is 125 cm³/mol. The van der Waals surface area contributed by atoms with Crippen LogP contribution < -0.4 is 14.8 Å². The number of rotatable bonds is 12. The second-order valence-electron chi connectivity index (χ2n) is 7.03. The Kier molecular flexibility index (Phi) is 10.2. The minimum atomic E-state index is -0.504. The molecule has 1 N–H and O–H groups in total. The van der Waals surface area contributed by atoms with Crippen LogP contribution in [0.1, 0.15) is 31.4 Å². The van der Waals surface area contributed by atoms with E-state index in [1.807, 2.05) is 62.4 Å². The monoisotopic (exact) mass is 444 g/mol. The molecule has 168 valence electrons. The van der Waals surface area contributed by atoms with Gasteiger partial charge in [-0.25, -0.2) is 0 Å². The summed E-state index contributed by atoms with van der Waals surface area (Å²) in [5.41, 5.74) is 2.08. The van der Waals surface area contributed by atoms with Crippen LogP contribution in [-0.4, -0.2) is 49.3 Å². The summed E-state index contributed by atoms with van der Waals surface area (Å²) in [6.07, 6.45) is 0.552. The molecule has 0 spiro atoms. The zero-order valence-corrected chi connectivity index (χ0v) is 19.5. The standard InChI is InChI=1S/C24H32N2O4S/c1-5-22(24(28)25-6-2)26(15-18-7-11-20(29-3)12-8-18)23(27)17-31-16-19-9-13-21(30-4)14-10-19/h7-14,22H,5-6,15-17H2,1-4H3,(H,25,28). The van der Waals surface area contributed by atoms with Gasteiger partial charge in [0.25, 0.3) is 0 Å². The average Bonchev–Trinajstić information content (AvgIpc) is 2.80. The van der Waals surface area contributed by atoms with Gasteiger partial charge in [-0.15, -0.1) is 11.8 Å². The first kappa shape index (κ1) is 24.6. The molecule has 0 aliphatic heterocycles. The van der Waals surface area contributed by atoms with Crippen LogP contribution in [0.3, 0.4) is 0 Å². The van der Waals surface area contributed by atoms with Gasteiger partial charge in [0, 0.05) is 18.8 Å². The lowest BCUT2D eigenvalue weighted by Gasteiger charge is -2.30. The van der Waals surface area contributed by atoms with Crippen LogP contribution in [0.2, 0.25) is 0 Å². The molecular weight excluding hydrogens is 412 g/mol. The fraction of sp³-hybridized carbons (Fsp3) is 0.417. The van der Waals surface area contributed by atoms with Gasteiger partial charge in [0.15, 0.2) is 0 Å². The number of hydrogen-bond acceptors (Lipinski definition) is 5. The van der Waals surface area contributed by atoms with E-state index in [4.69, 9.17) is 9.47 Å². The van der Waals surface area contributed by atoms with Crippen molar-refractivity contribution in [1.29, 1.82) is 0 Å². The van der Waals surface area contributed by atoms with Crippen LogP contribution in [0.25, 0.3) is 0 Å². The van der Waals surface area contributed by atoms with Crippen molar-refractivity contribution in [3.05, 3.63) is 59.7 Å². The lowest BCUT2D eigenvalue weighted by Crippen LogP contribution is -2.49. The van der Waals surface area contributed by atoms with Gasteiger partial charge in [-0.3, -0.25) is 9.59 Å². The van der Waals surface area contributed by atoms with Crippen LogP contribution in [-0.2, 0) is 21.9 Å². The third kappa shape index (κ3) is 7.51. The number of benzene rings is 2. The molecule has 1 atom stereocenters. The first-order valence-corrected chi connectivity index (χ1v) is 11.6. The van der Waals surface area contributed by atoms with E-state index in [0.717, 1.165) is 22.6 Å². The van der Waals surface area contributed by atoms with Gasteiger partial charge >= 0.3 is 0 Å². The molecule has 0 heterocycles. The Morgan fingerprint density at radius 3 is 1.97 bits per heavy atom. The van der Waals surface area contributed by atoms with Gasteiger partial charge in [-0.1, -0.05) is 31.2 Å². The van der Waals surface area contributed by atoms with Crippen molar-refractivity contribution >= 4 is 23.6 Å². The number of carbonyl (C=O) groups is 2. The fourth-order valence-electron chi connectivity index (χ4n) is 3.20. The van der Waals surface area contributed by atoms with E-state index in [1.165, 1.54) is 0 Å². The van der Waals surface area contributed by atoms with E-state index in [1.54, 1.807) is 30.9 Å². The van der Waals surface area contributed by atoms with Crippen molar-refractivity contribution in [3.63, 3.8) is 0 Å². The van der Waals surface area contributed by atoms with Crippen molar-refractivity contribution in [2.24, 2.45) is 0 Å². The maximum absolute atomic E-state index is 13.2. The van der Waals surface area contributed by atoms with Crippen molar-refractivity contribution in [2.45, 2.75) is 38.6 Å². The molecule has 1 unspecified atom stereocenters. The number of ether oxygens (including phenoxy) is 2. The summed E-state index contributed by atoms with van der Waals surface area (Å²) < 4.78 is 10.4.